The molecular weight excluding hydrogens is 210 g/mol. The molecule has 0 saturated carbocycles. The summed E-state index contributed by atoms with van der Waals surface area (Å²) < 4.78 is 6.27. The lowest BCUT2D eigenvalue weighted by Gasteiger charge is -2.35. The van der Waals surface area contributed by atoms with Crippen LogP contribution in [0.5, 0.6) is 5.75 Å². The molecule has 1 N–H and O–H groups in total. The van der Waals surface area contributed by atoms with Crippen molar-refractivity contribution in [2.45, 2.75) is 46.1 Å². The summed E-state index contributed by atoms with van der Waals surface area (Å²) in [6.45, 7) is 10.8. The maximum atomic E-state index is 6.27. The van der Waals surface area contributed by atoms with E-state index < -0.39 is 0 Å². The number of nitrogens with one attached hydrogen (secondary N) is 1. The van der Waals surface area contributed by atoms with Crippen LogP contribution in [0.15, 0.2) is 12.1 Å². The van der Waals surface area contributed by atoms with E-state index in [-0.39, 0.29) is 5.60 Å². The highest BCUT2D eigenvalue weighted by Gasteiger charge is 2.29. The SMILES string of the molecule is Cc1cc(C)c(OC2(C)CCNCC2)cc1C. The Morgan fingerprint density at radius 1 is 1.00 bits per heavy atom. The van der Waals surface area contributed by atoms with Crippen LogP contribution in [0.25, 0.3) is 0 Å². The van der Waals surface area contributed by atoms with E-state index in [0.717, 1.165) is 31.7 Å². The number of hydrogen-bond acceptors (Lipinski definition) is 2. The zero-order valence-corrected chi connectivity index (χ0v) is 11.4. The third-order valence-corrected chi connectivity index (χ3v) is 3.81. The number of rotatable bonds is 2. The first kappa shape index (κ1) is 12.4. The third kappa shape index (κ3) is 2.81. The Labute approximate surface area is 104 Å². The Morgan fingerprint density at radius 2 is 1.59 bits per heavy atom. The second-order valence-electron chi connectivity index (χ2n) is 5.50. The molecule has 0 spiro atoms. The van der Waals surface area contributed by atoms with Crippen molar-refractivity contribution in [3.63, 3.8) is 0 Å². The van der Waals surface area contributed by atoms with Gasteiger partial charge >= 0.3 is 0 Å². The molecule has 0 radical (unpaired) electrons. The number of benzene rings is 1. The molecule has 94 valence electrons. The molecule has 0 amide bonds. The topological polar surface area (TPSA) is 21.3 Å². The van der Waals surface area contributed by atoms with Gasteiger partial charge in [-0.25, -0.2) is 0 Å². The van der Waals surface area contributed by atoms with E-state index >= 15 is 0 Å². The highest BCUT2D eigenvalue weighted by molar-refractivity contribution is 5.41. The van der Waals surface area contributed by atoms with Gasteiger partial charge in [0.1, 0.15) is 11.4 Å². The molecular formula is C15H23NO. The van der Waals surface area contributed by atoms with Gasteiger partial charge in [0, 0.05) is 0 Å². The molecule has 0 aromatic heterocycles. The zero-order chi connectivity index (χ0) is 12.5. The largest absolute Gasteiger partial charge is 0.487 e. The van der Waals surface area contributed by atoms with Crippen LogP contribution in [-0.4, -0.2) is 18.7 Å². The summed E-state index contributed by atoms with van der Waals surface area (Å²) in [5.74, 6) is 1.05. The first-order valence-electron chi connectivity index (χ1n) is 6.48. The minimum atomic E-state index is -0.00227. The van der Waals surface area contributed by atoms with Gasteiger partial charge in [-0.15, -0.1) is 0 Å². The van der Waals surface area contributed by atoms with E-state index in [0.29, 0.717) is 0 Å². The summed E-state index contributed by atoms with van der Waals surface area (Å²) in [6, 6.07) is 4.40. The molecule has 17 heavy (non-hydrogen) atoms. The second kappa shape index (κ2) is 4.69. The monoisotopic (exact) mass is 233 g/mol. The van der Waals surface area contributed by atoms with Gasteiger partial charge in [0.25, 0.3) is 0 Å². The second-order valence-corrected chi connectivity index (χ2v) is 5.50. The molecule has 1 saturated heterocycles. The van der Waals surface area contributed by atoms with E-state index in [1.807, 2.05) is 0 Å². The highest BCUT2D eigenvalue weighted by atomic mass is 16.5. The summed E-state index contributed by atoms with van der Waals surface area (Å²) >= 11 is 0. The number of ether oxygens (including phenoxy) is 1. The fourth-order valence-corrected chi connectivity index (χ4v) is 2.37. The average molecular weight is 233 g/mol. The third-order valence-electron chi connectivity index (χ3n) is 3.81. The number of piperidine rings is 1. The quantitative estimate of drug-likeness (QED) is 0.847. The van der Waals surface area contributed by atoms with E-state index in [1.54, 1.807) is 0 Å². The lowest BCUT2D eigenvalue weighted by molar-refractivity contribution is 0.0548. The zero-order valence-electron chi connectivity index (χ0n) is 11.4. The van der Waals surface area contributed by atoms with Gasteiger partial charge < -0.3 is 10.1 Å². The molecule has 1 aromatic rings. The van der Waals surface area contributed by atoms with Crippen LogP contribution in [0.1, 0.15) is 36.5 Å². The minimum absolute atomic E-state index is 0.00227. The Balaban J connectivity index is 2.20. The van der Waals surface area contributed by atoms with Crippen LogP contribution in [0.4, 0.5) is 0 Å². The highest BCUT2D eigenvalue weighted by Crippen LogP contribution is 2.30. The molecule has 0 aliphatic carbocycles. The first-order chi connectivity index (χ1) is 8.00. The Kier molecular flexibility index (Phi) is 3.43. The van der Waals surface area contributed by atoms with Crippen molar-refractivity contribution >= 4 is 0 Å². The van der Waals surface area contributed by atoms with Gasteiger partial charge in [-0.05, 0) is 76.4 Å². The fraction of sp³-hybridized carbons (Fsp3) is 0.600. The molecule has 2 nitrogen and oxygen atoms in total. The van der Waals surface area contributed by atoms with Gasteiger partial charge in [-0.2, -0.15) is 0 Å². The van der Waals surface area contributed by atoms with Gasteiger partial charge in [0.05, 0.1) is 0 Å². The van der Waals surface area contributed by atoms with Crippen molar-refractivity contribution in [3.05, 3.63) is 28.8 Å². The summed E-state index contributed by atoms with van der Waals surface area (Å²) in [6.07, 6.45) is 2.17. The summed E-state index contributed by atoms with van der Waals surface area (Å²) in [7, 11) is 0. The molecule has 1 fully saturated rings. The Bertz CT molecular complexity index is 406. The maximum Gasteiger partial charge on any atom is 0.123 e. The normalized spacial score (nSPS) is 19.1. The number of aryl methyl sites for hydroxylation is 3. The molecule has 0 bridgehead atoms. The molecule has 1 heterocycles. The summed E-state index contributed by atoms with van der Waals surface area (Å²) in [5.41, 5.74) is 3.89. The van der Waals surface area contributed by atoms with Crippen molar-refractivity contribution in [3.8, 4) is 5.75 Å². The number of hydrogen-bond donors (Lipinski definition) is 1. The van der Waals surface area contributed by atoms with Crippen molar-refractivity contribution in [1.29, 1.82) is 0 Å². The molecule has 1 aliphatic rings. The maximum absolute atomic E-state index is 6.27. The van der Waals surface area contributed by atoms with Gasteiger partial charge in [-0.1, -0.05) is 6.07 Å². The molecule has 0 atom stereocenters. The van der Waals surface area contributed by atoms with Crippen LogP contribution in [-0.2, 0) is 0 Å². The van der Waals surface area contributed by atoms with Crippen LogP contribution >= 0.6 is 0 Å². The van der Waals surface area contributed by atoms with Gasteiger partial charge in [-0.3, -0.25) is 0 Å². The van der Waals surface area contributed by atoms with Crippen LogP contribution in [0, 0.1) is 20.8 Å². The van der Waals surface area contributed by atoms with Crippen molar-refractivity contribution in [2.24, 2.45) is 0 Å². The van der Waals surface area contributed by atoms with Crippen molar-refractivity contribution < 1.29 is 4.74 Å². The average Bonchev–Trinajstić information content (AvgIpc) is 2.26. The fourth-order valence-electron chi connectivity index (χ4n) is 2.37. The summed E-state index contributed by atoms with van der Waals surface area (Å²) in [5, 5.41) is 3.38. The van der Waals surface area contributed by atoms with Crippen molar-refractivity contribution in [1.82, 2.24) is 5.32 Å². The van der Waals surface area contributed by atoms with Crippen molar-refractivity contribution in [2.75, 3.05) is 13.1 Å². The van der Waals surface area contributed by atoms with E-state index in [9.17, 15) is 0 Å². The Morgan fingerprint density at radius 3 is 2.24 bits per heavy atom. The predicted octanol–water partition coefficient (Wildman–Crippen LogP) is 3.13. The standard InChI is InChI=1S/C15H23NO/c1-11-9-13(3)14(10-12(11)2)17-15(4)5-7-16-8-6-15/h9-10,16H,5-8H2,1-4H3. The van der Waals surface area contributed by atoms with Gasteiger partial charge in [0.2, 0.25) is 0 Å². The lowest BCUT2D eigenvalue weighted by atomic mass is 9.94. The van der Waals surface area contributed by atoms with Crippen LogP contribution in [0.3, 0.4) is 0 Å². The molecule has 0 unspecified atom stereocenters. The van der Waals surface area contributed by atoms with Gasteiger partial charge in [0.15, 0.2) is 0 Å². The molecule has 1 aromatic carbocycles. The Hall–Kier alpha value is -1.02. The van der Waals surface area contributed by atoms with E-state index in [4.69, 9.17) is 4.74 Å². The predicted molar refractivity (Wildman–Crippen MR) is 71.8 cm³/mol. The van der Waals surface area contributed by atoms with Crippen LogP contribution in [0.2, 0.25) is 0 Å². The lowest BCUT2D eigenvalue weighted by Crippen LogP contribution is -2.43. The molecule has 1 aliphatic heterocycles. The van der Waals surface area contributed by atoms with E-state index in [1.165, 1.54) is 16.7 Å². The molecule has 2 rings (SSSR count). The first-order valence-corrected chi connectivity index (χ1v) is 6.48. The summed E-state index contributed by atoms with van der Waals surface area (Å²) in [4.78, 5) is 0. The van der Waals surface area contributed by atoms with Crippen LogP contribution < -0.4 is 10.1 Å². The van der Waals surface area contributed by atoms with E-state index in [2.05, 4.69) is 45.1 Å². The molecule has 2 heteroatoms. The smallest absolute Gasteiger partial charge is 0.123 e. The minimum Gasteiger partial charge on any atom is -0.487 e.